The fraction of sp³-hybridized carbons (Fsp3) is 0.0526. The third-order valence-electron chi connectivity index (χ3n) is 4.39. The Kier molecular flexibility index (Phi) is 4.59. The molecule has 0 spiro atoms. The lowest BCUT2D eigenvalue weighted by atomic mass is 10.1. The van der Waals surface area contributed by atoms with E-state index in [9.17, 15) is 21.6 Å². The van der Waals surface area contributed by atoms with Crippen LogP contribution in [-0.4, -0.2) is 34.8 Å². The number of fused-ring (bicyclic) bond motifs is 2. The van der Waals surface area contributed by atoms with Crippen molar-refractivity contribution >= 4 is 54.3 Å². The lowest BCUT2D eigenvalue weighted by Gasteiger charge is -2.14. The average molecular weight is 429 g/mol. The second-order valence-electron chi connectivity index (χ2n) is 6.35. The molecule has 1 aliphatic rings. The van der Waals surface area contributed by atoms with Crippen LogP contribution in [0, 0.1) is 0 Å². The first-order valence-electron chi connectivity index (χ1n) is 8.46. The number of nitrogens with one attached hydrogen (secondary N) is 2. The van der Waals surface area contributed by atoms with Gasteiger partial charge in [-0.3, -0.25) is 4.79 Å². The SMILES string of the molecule is O=C(CS(=O)(=O)c1ccc2c(c1)S(=O)(=O)N=CN2)Nc1cccc2ccccc12. The summed E-state index contributed by atoms with van der Waals surface area (Å²) < 4.78 is 52.7. The van der Waals surface area contributed by atoms with E-state index in [1.165, 1.54) is 12.1 Å². The summed E-state index contributed by atoms with van der Waals surface area (Å²) in [4.78, 5) is 11.9. The molecular formula is C19H15N3O5S2. The molecule has 8 nitrogen and oxygen atoms in total. The summed E-state index contributed by atoms with van der Waals surface area (Å²) in [6.07, 6.45) is 1.02. The maximum Gasteiger partial charge on any atom is 0.285 e. The van der Waals surface area contributed by atoms with E-state index >= 15 is 0 Å². The molecule has 0 saturated heterocycles. The minimum atomic E-state index is -4.07. The highest BCUT2D eigenvalue weighted by molar-refractivity contribution is 7.92. The Labute approximate surface area is 167 Å². The second-order valence-corrected chi connectivity index (χ2v) is 9.94. The topological polar surface area (TPSA) is 122 Å². The molecule has 0 aliphatic carbocycles. The molecule has 29 heavy (non-hydrogen) atoms. The molecule has 148 valence electrons. The smallest absolute Gasteiger partial charge is 0.285 e. The molecule has 3 aromatic carbocycles. The number of sulfonamides is 1. The van der Waals surface area contributed by atoms with E-state index in [4.69, 9.17) is 0 Å². The standard InChI is InChI=1S/C19H15N3O5S2/c23-19(22-16-7-3-5-13-4-1-2-6-15(13)16)11-28(24,25)14-8-9-17-18(10-14)29(26,27)21-12-20-17/h1-10,12H,11H2,(H,20,21)(H,22,23). The number of hydrogen-bond donors (Lipinski definition) is 2. The Hall–Kier alpha value is -3.24. The molecule has 0 atom stereocenters. The quantitative estimate of drug-likeness (QED) is 0.657. The minimum absolute atomic E-state index is 0.221. The van der Waals surface area contributed by atoms with Crippen LogP contribution in [0.25, 0.3) is 10.8 Å². The average Bonchev–Trinajstić information content (AvgIpc) is 2.67. The van der Waals surface area contributed by atoms with Crippen molar-refractivity contribution in [3.8, 4) is 0 Å². The Bertz CT molecular complexity index is 1370. The van der Waals surface area contributed by atoms with Gasteiger partial charge < -0.3 is 10.6 Å². The summed E-state index contributed by atoms with van der Waals surface area (Å²) in [7, 11) is -8.06. The zero-order valence-electron chi connectivity index (χ0n) is 14.9. The molecule has 0 unspecified atom stereocenters. The van der Waals surface area contributed by atoms with Crippen molar-refractivity contribution in [1.29, 1.82) is 0 Å². The molecular weight excluding hydrogens is 414 g/mol. The zero-order chi connectivity index (χ0) is 20.6. The first-order valence-corrected chi connectivity index (χ1v) is 11.6. The first kappa shape index (κ1) is 19.1. The lowest BCUT2D eigenvalue weighted by Crippen LogP contribution is -2.23. The fourth-order valence-corrected chi connectivity index (χ4v) is 5.24. The van der Waals surface area contributed by atoms with Crippen LogP contribution in [0.2, 0.25) is 0 Å². The van der Waals surface area contributed by atoms with Crippen molar-refractivity contribution in [3.63, 3.8) is 0 Å². The summed E-state index contributed by atoms with van der Waals surface area (Å²) in [6, 6.07) is 16.3. The number of benzene rings is 3. The fourth-order valence-electron chi connectivity index (χ4n) is 3.03. The van der Waals surface area contributed by atoms with Crippen LogP contribution >= 0.6 is 0 Å². The third-order valence-corrected chi connectivity index (χ3v) is 7.28. The normalized spacial score (nSPS) is 14.8. The lowest BCUT2D eigenvalue weighted by molar-refractivity contribution is -0.113. The minimum Gasteiger partial charge on any atom is -0.345 e. The third kappa shape index (κ3) is 3.71. The van der Waals surface area contributed by atoms with E-state index in [0.717, 1.165) is 23.2 Å². The Morgan fingerprint density at radius 3 is 2.62 bits per heavy atom. The molecule has 10 heteroatoms. The number of hydrogen-bond acceptors (Lipinski definition) is 6. The van der Waals surface area contributed by atoms with E-state index in [1.807, 2.05) is 30.3 Å². The van der Waals surface area contributed by atoms with Crippen LogP contribution < -0.4 is 10.6 Å². The summed E-state index contributed by atoms with van der Waals surface area (Å²) in [5, 5.41) is 6.95. The molecule has 2 N–H and O–H groups in total. The maximum absolute atomic E-state index is 12.7. The number of sulfone groups is 1. The number of rotatable bonds is 4. The number of carbonyl (C=O) groups is 1. The largest absolute Gasteiger partial charge is 0.345 e. The van der Waals surface area contributed by atoms with Gasteiger partial charge in [-0.25, -0.2) is 8.42 Å². The number of nitrogens with zero attached hydrogens (tertiary/aromatic N) is 1. The molecule has 0 aromatic heterocycles. The van der Waals surface area contributed by atoms with E-state index in [1.54, 1.807) is 12.1 Å². The van der Waals surface area contributed by atoms with Crippen molar-refractivity contribution in [3.05, 3.63) is 60.7 Å². The van der Waals surface area contributed by atoms with Gasteiger partial charge in [0.05, 0.1) is 10.6 Å². The summed E-state index contributed by atoms with van der Waals surface area (Å²) in [6.45, 7) is 0. The molecule has 1 aliphatic heterocycles. The van der Waals surface area contributed by atoms with Crippen LogP contribution in [-0.2, 0) is 24.7 Å². The van der Waals surface area contributed by atoms with Gasteiger partial charge in [0.2, 0.25) is 5.91 Å². The van der Waals surface area contributed by atoms with Gasteiger partial charge in [0.15, 0.2) is 9.84 Å². The van der Waals surface area contributed by atoms with Crippen molar-refractivity contribution in [2.24, 2.45) is 4.40 Å². The highest BCUT2D eigenvalue weighted by atomic mass is 32.2. The van der Waals surface area contributed by atoms with Gasteiger partial charge >= 0.3 is 0 Å². The van der Waals surface area contributed by atoms with Gasteiger partial charge in [0.1, 0.15) is 17.0 Å². The van der Waals surface area contributed by atoms with Crippen LogP contribution in [0.5, 0.6) is 0 Å². The van der Waals surface area contributed by atoms with E-state index in [0.29, 0.717) is 5.69 Å². The van der Waals surface area contributed by atoms with Crippen LogP contribution in [0.3, 0.4) is 0 Å². The van der Waals surface area contributed by atoms with E-state index in [2.05, 4.69) is 15.0 Å². The van der Waals surface area contributed by atoms with E-state index < -0.39 is 31.5 Å². The van der Waals surface area contributed by atoms with Crippen LogP contribution in [0.4, 0.5) is 11.4 Å². The number of amides is 1. The highest BCUT2D eigenvalue weighted by Gasteiger charge is 2.26. The molecule has 0 saturated carbocycles. The summed E-state index contributed by atoms with van der Waals surface area (Å²) >= 11 is 0. The second kappa shape index (κ2) is 6.98. The van der Waals surface area contributed by atoms with Gasteiger partial charge in [-0.2, -0.15) is 8.42 Å². The van der Waals surface area contributed by atoms with Crippen LogP contribution in [0.15, 0.2) is 74.9 Å². The van der Waals surface area contributed by atoms with Gasteiger partial charge in [-0.05, 0) is 29.7 Å². The maximum atomic E-state index is 12.7. The molecule has 1 amide bonds. The van der Waals surface area contributed by atoms with Crippen molar-refractivity contribution in [1.82, 2.24) is 0 Å². The molecule has 0 radical (unpaired) electrons. The Morgan fingerprint density at radius 1 is 1.03 bits per heavy atom. The Balaban J connectivity index is 1.60. The van der Waals surface area contributed by atoms with Crippen molar-refractivity contribution in [2.75, 3.05) is 16.4 Å². The van der Waals surface area contributed by atoms with Crippen molar-refractivity contribution in [2.45, 2.75) is 9.79 Å². The van der Waals surface area contributed by atoms with Gasteiger partial charge in [-0.1, -0.05) is 36.4 Å². The first-order chi connectivity index (χ1) is 13.8. The molecule has 4 rings (SSSR count). The highest BCUT2D eigenvalue weighted by Crippen LogP contribution is 2.29. The van der Waals surface area contributed by atoms with Gasteiger partial charge in [0.25, 0.3) is 10.0 Å². The van der Waals surface area contributed by atoms with Crippen molar-refractivity contribution < 1.29 is 21.6 Å². The predicted octanol–water partition coefficient (Wildman–Crippen LogP) is 2.39. The molecule has 3 aromatic rings. The van der Waals surface area contributed by atoms with Gasteiger partial charge in [-0.15, -0.1) is 4.40 Å². The molecule has 0 bridgehead atoms. The van der Waals surface area contributed by atoms with Crippen LogP contribution in [0.1, 0.15) is 0 Å². The van der Waals surface area contributed by atoms with E-state index in [-0.39, 0.29) is 15.5 Å². The zero-order valence-corrected chi connectivity index (χ0v) is 16.5. The summed E-state index contributed by atoms with van der Waals surface area (Å²) in [5.41, 5.74) is 0.717. The monoisotopic (exact) mass is 429 g/mol. The Morgan fingerprint density at radius 2 is 1.79 bits per heavy atom. The van der Waals surface area contributed by atoms with Gasteiger partial charge in [0, 0.05) is 11.1 Å². The summed E-state index contributed by atoms with van der Waals surface area (Å²) in [5.74, 6) is -1.55. The molecule has 0 fully saturated rings. The molecule has 1 heterocycles. The number of carbonyl (C=O) groups excluding carboxylic acids is 1. The predicted molar refractivity (Wildman–Crippen MR) is 110 cm³/mol. The number of anilines is 2.